The molecular formula is C32H31BrN6O4. The summed E-state index contributed by atoms with van der Waals surface area (Å²) in [6.45, 7) is 2.71. The molecule has 0 aliphatic carbocycles. The number of amides is 1. The number of halogens is 1. The van der Waals surface area contributed by atoms with Crippen molar-refractivity contribution in [3.8, 4) is 5.69 Å². The highest BCUT2D eigenvalue weighted by Gasteiger charge is 2.52. The molecule has 6 rings (SSSR count). The Bertz CT molecular complexity index is 1870. The van der Waals surface area contributed by atoms with Gasteiger partial charge < -0.3 is 15.1 Å². The van der Waals surface area contributed by atoms with Crippen LogP contribution < -0.4 is 10.5 Å². The Balaban J connectivity index is 1.20. The van der Waals surface area contributed by atoms with Gasteiger partial charge in [-0.25, -0.2) is 4.68 Å². The minimum Gasteiger partial charge on any atom is -0.396 e. The fraction of sp³-hybridized carbons (Fsp3) is 0.250. The average molecular weight is 644 g/mol. The summed E-state index contributed by atoms with van der Waals surface area (Å²) in [4.78, 5) is 28.4. The van der Waals surface area contributed by atoms with Gasteiger partial charge in [-0.05, 0) is 54.4 Å². The first-order valence-electron chi connectivity index (χ1n) is 14.1. The minimum absolute atomic E-state index is 0.0228. The molecule has 10 nitrogen and oxygen atoms in total. The normalized spacial score (nSPS) is 17.3. The Hall–Kier alpha value is -4.32. The molecule has 0 saturated heterocycles. The van der Waals surface area contributed by atoms with Gasteiger partial charge in [0.2, 0.25) is 0 Å². The number of fused-ring (bicyclic) bond motifs is 2. The van der Waals surface area contributed by atoms with Gasteiger partial charge in [-0.2, -0.15) is 0 Å². The van der Waals surface area contributed by atoms with E-state index in [9.17, 15) is 14.7 Å². The highest BCUT2D eigenvalue weighted by atomic mass is 79.9. The zero-order valence-corrected chi connectivity index (χ0v) is 25.1. The Morgan fingerprint density at radius 1 is 1.09 bits per heavy atom. The van der Waals surface area contributed by atoms with Crippen LogP contribution in [0.5, 0.6) is 0 Å². The lowest BCUT2D eigenvalue weighted by molar-refractivity contribution is -0.139. The Kier molecular flexibility index (Phi) is 7.87. The Morgan fingerprint density at radius 3 is 2.65 bits per heavy atom. The number of rotatable bonds is 10. The third-order valence-electron chi connectivity index (χ3n) is 7.92. The van der Waals surface area contributed by atoms with E-state index in [4.69, 9.17) is 5.11 Å². The summed E-state index contributed by atoms with van der Waals surface area (Å²) in [6.07, 6.45) is 6.70. The van der Waals surface area contributed by atoms with E-state index >= 15 is 0 Å². The average Bonchev–Trinajstić information content (AvgIpc) is 3.66. The van der Waals surface area contributed by atoms with Crippen molar-refractivity contribution in [3.05, 3.63) is 117 Å². The summed E-state index contributed by atoms with van der Waals surface area (Å²) in [5, 5.41) is 32.9. The molecule has 11 heteroatoms. The van der Waals surface area contributed by atoms with Crippen molar-refractivity contribution in [2.75, 3.05) is 11.5 Å². The summed E-state index contributed by atoms with van der Waals surface area (Å²) >= 11 is 3.50. The SMILES string of the molecule is C[C@@H](/C=C/CCn1cc(CCO)nn1)[C@]1(O)C(=O)N(Cc2ccc(-n3[nH]c4ccccc4c3=O)cc2)c2ccc(Br)cc21. The Morgan fingerprint density at radius 2 is 1.88 bits per heavy atom. The van der Waals surface area contributed by atoms with E-state index in [-0.39, 0.29) is 18.7 Å². The third kappa shape index (κ3) is 5.35. The number of aryl methyl sites for hydroxylation is 1. The van der Waals surface area contributed by atoms with Crippen LogP contribution >= 0.6 is 15.9 Å². The standard InChI is InChI=1S/C32H31BrN6O4/c1-21(6-4-5-16-37-20-24(15-17-40)34-36-37)32(43)27-18-23(33)11-14-29(27)38(31(32)42)19-22-9-12-25(13-10-22)39-30(41)26-7-2-3-8-28(26)35-39/h2-4,6-14,18,20-21,35,40,43H,5,15-17,19H2,1H3/b6-4+/t21-,32+/m0/s1. The summed E-state index contributed by atoms with van der Waals surface area (Å²) in [7, 11) is 0. The first-order valence-corrected chi connectivity index (χ1v) is 14.9. The second-order valence-corrected chi connectivity index (χ2v) is 11.7. The zero-order valence-electron chi connectivity index (χ0n) is 23.5. The molecule has 2 atom stereocenters. The fourth-order valence-electron chi connectivity index (χ4n) is 5.57. The van der Waals surface area contributed by atoms with Gasteiger partial charge in [0.05, 0.1) is 34.5 Å². The lowest BCUT2D eigenvalue weighted by Gasteiger charge is -2.27. The third-order valence-corrected chi connectivity index (χ3v) is 8.42. The van der Waals surface area contributed by atoms with Crippen molar-refractivity contribution in [3.63, 3.8) is 0 Å². The predicted octanol–water partition coefficient (Wildman–Crippen LogP) is 4.22. The molecule has 43 heavy (non-hydrogen) atoms. The van der Waals surface area contributed by atoms with Crippen molar-refractivity contribution in [1.82, 2.24) is 24.8 Å². The fourth-order valence-corrected chi connectivity index (χ4v) is 5.93. The number of carbonyl (C=O) groups is 1. The lowest BCUT2D eigenvalue weighted by atomic mass is 9.83. The second-order valence-electron chi connectivity index (χ2n) is 10.7. The molecule has 220 valence electrons. The van der Waals surface area contributed by atoms with Gasteiger partial charge in [-0.3, -0.25) is 19.4 Å². The molecule has 3 aromatic carbocycles. The van der Waals surface area contributed by atoms with Gasteiger partial charge in [0.15, 0.2) is 5.60 Å². The van der Waals surface area contributed by atoms with Crippen LogP contribution in [0, 0.1) is 5.92 Å². The van der Waals surface area contributed by atoms with E-state index in [1.54, 1.807) is 27.9 Å². The Labute approximate surface area is 256 Å². The van der Waals surface area contributed by atoms with Gasteiger partial charge in [-0.1, -0.05) is 64.5 Å². The summed E-state index contributed by atoms with van der Waals surface area (Å²) in [6, 6.07) is 20.3. The van der Waals surface area contributed by atoms with Crippen LogP contribution in [0.3, 0.4) is 0 Å². The van der Waals surface area contributed by atoms with Gasteiger partial charge >= 0.3 is 0 Å². The maximum Gasteiger partial charge on any atom is 0.279 e. The topological polar surface area (TPSA) is 129 Å². The van der Waals surface area contributed by atoms with E-state index in [0.717, 1.165) is 21.2 Å². The lowest BCUT2D eigenvalue weighted by Crippen LogP contribution is -2.44. The number of nitrogens with zero attached hydrogens (tertiary/aromatic N) is 5. The summed E-state index contributed by atoms with van der Waals surface area (Å²) < 4.78 is 3.99. The van der Waals surface area contributed by atoms with Gasteiger partial charge in [0.25, 0.3) is 11.5 Å². The number of hydrogen-bond acceptors (Lipinski definition) is 6. The number of allylic oxidation sites excluding steroid dienone is 1. The second kappa shape index (κ2) is 11.8. The first kappa shape index (κ1) is 28.8. The molecule has 1 aliphatic rings. The highest BCUT2D eigenvalue weighted by molar-refractivity contribution is 9.10. The minimum atomic E-state index is -1.74. The van der Waals surface area contributed by atoms with Crippen molar-refractivity contribution in [1.29, 1.82) is 0 Å². The predicted molar refractivity (Wildman–Crippen MR) is 167 cm³/mol. The number of carbonyl (C=O) groups excluding carboxylic acids is 1. The molecule has 3 heterocycles. The first-order chi connectivity index (χ1) is 20.8. The monoisotopic (exact) mass is 642 g/mol. The smallest absolute Gasteiger partial charge is 0.279 e. The quantitative estimate of drug-likeness (QED) is 0.196. The van der Waals surface area contributed by atoms with Crippen LogP contribution in [0.1, 0.15) is 30.2 Å². The van der Waals surface area contributed by atoms with Crippen LogP contribution in [0.15, 0.2) is 94.3 Å². The number of aromatic amines is 1. The molecule has 0 radical (unpaired) electrons. The number of H-pyrrole nitrogens is 1. The zero-order chi connectivity index (χ0) is 30.1. The van der Waals surface area contributed by atoms with Crippen molar-refractivity contribution in [2.45, 2.75) is 38.5 Å². The molecule has 3 N–H and O–H groups in total. The molecule has 2 aromatic heterocycles. The van der Waals surface area contributed by atoms with Gasteiger partial charge in [-0.15, -0.1) is 5.10 Å². The van der Waals surface area contributed by atoms with Crippen LogP contribution in [-0.2, 0) is 29.9 Å². The number of aliphatic hydroxyl groups is 2. The largest absolute Gasteiger partial charge is 0.396 e. The molecular weight excluding hydrogens is 612 g/mol. The molecule has 1 amide bonds. The number of anilines is 1. The summed E-state index contributed by atoms with van der Waals surface area (Å²) in [5.74, 6) is -0.895. The summed E-state index contributed by atoms with van der Waals surface area (Å²) in [5.41, 5.74) is 2.38. The van der Waals surface area contributed by atoms with Gasteiger partial charge in [0.1, 0.15) is 0 Å². The number of hydrogen-bond donors (Lipinski definition) is 3. The molecule has 0 spiro atoms. The molecule has 5 aromatic rings. The molecule has 0 bridgehead atoms. The maximum absolute atomic E-state index is 13.9. The van der Waals surface area contributed by atoms with Crippen LogP contribution in [0.25, 0.3) is 16.6 Å². The molecule has 0 fully saturated rings. The van der Waals surface area contributed by atoms with E-state index in [0.29, 0.717) is 41.7 Å². The number of aliphatic hydroxyl groups excluding tert-OH is 1. The van der Waals surface area contributed by atoms with Crippen LogP contribution in [0.2, 0.25) is 0 Å². The van der Waals surface area contributed by atoms with Crippen molar-refractivity contribution in [2.24, 2.45) is 5.92 Å². The van der Waals surface area contributed by atoms with E-state index in [1.807, 2.05) is 73.7 Å². The van der Waals surface area contributed by atoms with E-state index < -0.39 is 17.4 Å². The number of benzene rings is 3. The van der Waals surface area contributed by atoms with Crippen LogP contribution in [0.4, 0.5) is 5.69 Å². The van der Waals surface area contributed by atoms with Crippen molar-refractivity contribution < 1.29 is 15.0 Å². The molecule has 1 aliphatic heterocycles. The molecule has 0 unspecified atom stereocenters. The van der Waals surface area contributed by atoms with Gasteiger partial charge in [0, 0.05) is 41.7 Å². The maximum atomic E-state index is 13.9. The van der Waals surface area contributed by atoms with Crippen LogP contribution in [-0.4, -0.2) is 47.5 Å². The number of nitrogens with one attached hydrogen (secondary N) is 1. The van der Waals surface area contributed by atoms with E-state index in [1.165, 1.54) is 4.68 Å². The highest BCUT2D eigenvalue weighted by Crippen LogP contribution is 2.46. The van der Waals surface area contributed by atoms with Crippen molar-refractivity contribution >= 4 is 38.4 Å². The molecule has 0 saturated carbocycles. The number of para-hydroxylation sites is 1. The number of aromatic nitrogens is 5. The van der Waals surface area contributed by atoms with E-state index in [2.05, 4.69) is 31.3 Å².